The lowest BCUT2D eigenvalue weighted by atomic mass is 9.78. The van der Waals surface area contributed by atoms with Crippen molar-refractivity contribution in [3.8, 4) is 0 Å². The van der Waals surface area contributed by atoms with E-state index in [-0.39, 0.29) is 0 Å². The summed E-state index contributed by atoms with van der Waals surface area (Å²) in [6, 6.07) is 0.552. The van der Waals surface area contributed by atoms with Crippen LogP contribution >= 0.6 is 0 Å². The molecule has 98 valence electrons. The normalized spacial score (nSPS) is 31.8. The van der Waals surface area contributed by atoms with Gasteiger partial charge >= 0.3 is 5.97 Å². The molecule has 17 heavy (non-hydrogen) atoms. The molecule has 1 aliphatic heterocycles. The highest BCUT2D eigenvalue weighted by Gasteiger charge is 2.39. The average Bonchev–Trinajstić information content (AvgIpc) is 2.72. The van der Waals surface area contributed by atoms with Crippen LogP contribution in [0.4, 0.5) is 0 Å². The van der Waals surface area contributed by atoms with Crippen LogP contribution in [0.2, 0.25) is 0 Å². The second-order valence-corrected chi connectivity index (χ2v) is 5.66. The van der Waals surface area contributed by atoms with Crippen molar-refractivity contribution in [3.05, 3.63) is 0 Å². The highest BCUT2D eigenvalue weighted by atomic mass is 16.4. The summed E-state index contributed by atoms with van der Waals surface area (Å²) in [7, 11) is 0. The summed E-state index contributed by atoms with van der Waals surface area (Å²) >= 11 is 0. The zero-order valence-electron chi connectivity index (χ0n) is 10.9. The van der Waals surface area contributed by atoms with E-state index in [0.717, 1.165) is 25.4 Å². The van der Waals surface area contributed by atoms with E-state index in [2.05, 4.69) is 11.8 Å². The minimum absolute atomic E-state index is 0.373. The summed E-state index contributed by atoms with van der Waals surface area (Å²) in [5.74, 6) is 0.542. The third-order valence-electron chi connectivity index (χ3n) is 4.67. The van der Waals surface area contributed by atoms with Gasteiger partial charge in [-0.05, 0) is 44.2 Å². The highest BCUT2D eigenvalue weighted by molar-refractivity contribution is 5.67. The minimum atomic E-state index is -0.617. The maximum atomic E-state index is 11.0. The number of rotatable bonds is 4. The minimum Gasteiger partial charge on any atom is -0.481 e. The lowest BCUT2D eigenvalue weighted by Crippen LogP contribution is -2.40. The van der Waals surface area contributed by atoms with E-state index < -0.39 is 5.97 Å². The molecule has 3 heteroatoms. The Kier molecular flexibility index (Phi) is 4.43. The van der Waals surface area contributed by atoms with E-state index in [4.69, 9.17) is 5.11 Å². The molecule has 0 unspecified atom stereocenters. The van der Waals surface area contributed by atoms with E-state index in [9.17, 15) is 4.79 Å². The summed E-state index contributed by atoms with van der Waals surface area (Å²) in [5, 5.41) is 9.03. The quantitative estimate of drug-likeness (QED) is 0.820. The van der Waals surface area contributed by atoms with Gasteiger partial charge in [-0.1, -0.05) is 26.2 Å². The zero-order chi connectivity index (χ0) is 12.3. The van der Waals surface area contributed by atoms with Gasteiger partial charge in [0.1, 0.15) is 0 Å². The number of hydrogen-bond donors (Lipinski definition) is 1. The summed E-state index contributed by atoms with van der Waals surface area (Å²) in [6.45, 7) is 4.39. The first-order valence-corrected chi connectivity index (χ1v) is 7.18. The Hall–Kier alpha value is -0.570. The molecule has 0 radical (unpaired) electrons. The summed E-state index contributed by atoms with van der Waals surface area (Å²) in [5.41, 5.74) is 0. The van der Waals surface area contributed by atoms with Crippen molar-refractivity contribution in [2.45, 2.75) is 57.9 Å². The summed E-state index contributed by atoms with van der Waals surface area (Å²) < 4.78 is 0. The topological polar surface area (TPSA) is 40.5 Å². The summed E-state index contributed by atoms with van der Waals surface area (Å²) in [6.07, 6.45) is 8.16. The third-order valence-corrected chi connectivity index (χ3v) is 4.67. The van der Waals surface area contributed by atoms with Gasteiger partial charge in [0, 0.05) is 12.5 Å². The fourth-order valence-corrected chi connectivity index (χ4v) is 3.92. The predicted molar refractivity (Wildman–Crippen MR) is 68.0 cm³/mol. The molecule has 2 rings (SSSR count). The molecule has 1 aliphatic carbocycles. The fraction of sp³-hybridized carbons (Fsp3) is 0.929. The van der Waals surface area contributed by atoms with E-state index in [1.807, 2.05) is 0 Å². The molecule has 1 saturated heterocycles. The Balaban J connectivity index is 2.03. The van der Waals surface area contributed by atoms with Crippen molar-refractivity contribution >= 4 is 5.97 Å². The second kappa shape index (κ2) is 5.85. The maximum Gasteiger partial charge on any atom is 0.303 e. The van der Waals surface area contributed by atoms with Crippen LogP contribution in [-0.4, -0.2) is 35.1 Å². The monoisotopic (exact) mass is 239 g/mol. The van der Waals surface area contributed by atoms with Crippen LogP contribution in [0.15, 0.2) is 0 Å². The Labute approximate surface area is 104 Å². The number of carboxylic acids is 1. The molecule has 0 aromatic heterocycles. The number of aliphatic carboxylic acids is 1. The molecule has 1 N–H and O–H groups in total. The molecule has 0 amide bonds. The molecule has 2 atom stereocenters. The van der Waals surface area contributed by atoms with Crippen molar-refractivity contribution in [3.63, 3.8) is 0 Å². The van der Waals surface area contributed by atoms with Gasteiger partial charge in [0.2, 0.25) is 0 Å². The van der Waals surface area contributed by atoms with Crippen LogP contribution in [-0.2, 0) is 4.79 Å². The van der Waals surface area contributed by atoms with Crippen molar-refractivity contribution < 1.29 is 9.90 Å². The Bertz CT molecular complexity index is 261. The fourth-order valence-electron chi connectivity index (χ4n) is 3.92. The van der Waals surface area contributed by atoms with Gasteiger partial charge in [-0.2, -0.15) is 0 Å². The number of carbonyl (C=O) groups is 1. The molecule has 2 fully saturated rings. The molecule has 0 aromatic carbocycles. The first-order valence-electron chi connectivity index (χ1n) is 7.18. The molecule has 1 heterocycles. The van der Waals surface area contributed by atoms with Crippen LogP contribution < -0.4 is 0 Å². The van der Waals surface area contributed by atoms with E-state index >= 15 is 0 Å². The van der Waals surface area contributed by atoms with E-state index in [0.29, 0.717) is 18.4 Å². The van der Waals surface area contributed by atoms with Gasteiger partial charge in [0.25, 0.3) is 0 Å². The predicted octanol–water partition coefficient (Wildman–Crippen LogP) is 2.75. The molecule has 0 spiro atoms. The van der Waals surface area contributed by atoms with Crippen LogP contribution in [0.5, 0.6) is 0 Å². The first kappa shape index (κ1) is 12.9. The molecule has 0 bridgehead atoms. The smallest absolute Gasteiger partial charge is 0.303 e. The van der Waals surface area contributed by atoms with Gasteiger partial charge in [-0.25, -0.2) is 0 Å². The van der Waals surface area contributed by atoms with Crippen LogP contribution in [0, 0.1) is 11.8 Å². The van der Waals surface area contributed by atoms with Crippen LogP contribution in [0.3, 0.4) is 0 Å². The van der Waals surface area contributed by atoms with Crippen molar-refractivity contribution in [1.82, 2.24) is 4.90 Å². The summed E-state index contributed by atoms with van der Waals surface area (Å²) in [4.78, 5) is 13.5. The number of likely N-dealkylation sites (tertiary alicyclic amines) is 1. The van der Waals surface area contributed by atoms with Crippen LogP contribution in [0.1, 0.15) is 51.9 Å². The lowest BCUT2D eigenvalue weighted by Gasteiger charge is -2.36. The molecular weight excluding hydrogens is 214 g/mol. The molecule has 1 saturated carbocycles. The van der Waals surface area contributed by atoms with Gasteiger partial charge in [-0.15, -0.1) is 0 Å². The van der Waals surface area contributed by atoms with E-state index in [1.54, 1.807) is 0 Å². The standard InChI is InChI=1S/C14H25NO2/c1-2-15-9-8-12(10-13(16)17)14(15)11-6-4-3-5-7-11/h11-12,14H,2-10H2,1H3,(H,16,17)/t12-,14-/m1/s1. The average molecular weight is 239 g/mol. The zero-order valence-corrected chi connectivity index (χ0v) is 10.9. The van der Waals surface area contributed by atoms with Gasteiger partial charge in [-0.3, -0.25) is 4.79 Å². The van der Waals surface area contributed by atoms with Gasteiger partial charge in [0.15, 0.2) is 0 Å². The van der Waals surface area contributed by atoms with Crippen molar-refractivity contribution in [2.24, 2.45) is 11.8 Å². The Morgan fingerprint density at radius 1 is 1.24 bits per heavy atom. The molecule has 2 aliphatic rings. The molecular formula is C14H25NO2. The van der Waals surface area contributed by atoms with E-state index in [1.165, 1.54) is 32.1 Å². The number of carboxylic acid groups (broad SMARTS) is 1. The first-order chi connectivity index (χ1) is 8.22. The molecule has 3 nitrogen and oxygen atoms in total. The highest BCUT2D eigenvalue weighted by Crippen LogP contribution is 2.38. The number of hydrogen-bond acceptors (Lipinski definition) is 2. The van der Waals surface area contributed by atoms with Crippen LogP contribution in [0.25, 0.3) is 0 Å². The SMILES string of the molecule is CCN1CC[C@H](CC(=O)O)[C@H]1C1CCCCC1. The van der Waals surface area contributed by atoms with Crippen molar-refractivity contribution in [2.75, 3.05) is 13.1 Å². The Morgan fingerprint density at radius 3 is 2.53 bits per heavy atom. The number of nitrogens with zero attached hydrogens (tertiary/aromatic N) is 1. The van der Waals surface area contributed by atoms with Gasteiger partial charge < -0.3 is 10.0 Å². The largest absolute Gasteiger partial charge is 0.481 e. The van der Waals surface area contributed by atoms with Crippen molar-refractivity contribution in [1.29, 1.82) is 0 Å². The lowest BCUT2D eigenvalue weighted by molar-refractivity contribution is -0.138. The molecule has 0 aromatic rings. The van der Waals surface area contributed by atoms with Gasteiger partial charge in [0.05, 0.1) is 0 Å². The second-order valence-electron chi connectivity index (χ2n) is 5.66. The maximum absolute atomic E-state index is 11.0. The third kappa shape index (κ3) is 3.01. The Morgan fingerprint density at radius 2 is 1.94 bits per heavy atom.